The highest BCUT2D eigenvalue weighted by Crippen LogP contribution is 2.19. The zero-order valence-corrected chi connectivity index (χ0v) is 8.51. The quantitative estimate of drug-likeness (QED) is 0.567. The lowest BCUT2D eigenvalue weighted by Gasteiger charge is -2.03. The molecule has 78 valence electrons. The number of hydrogen-bond donors (Lipinski definition) is 0. The van der Waals surface area contributed by atoms with Crippen molar-refractivity contribution in [1.29, 1.82) is 0 Å². The molecule has 0 spiro atoms. The molecule has 0 aliphatic heterocycles. The first-order valence-electron chi connectivity index (χ1n) is 4.83. The summed E-state index contributed by atoms with van der Waals surface area (Å²) in [5.74, 6) is 0. The Morgan fingerprint density at radius 1 is 1.40 bits per heavy atom. The third-order valence-corrected chi connectivity index (χ3v) is 2.54. The van der Waals surface area contributed by atoms with E-state index < -0.39 is 0 Å². The molecule has 0 atom stereocenters. The number of nitro groups is 1. The van der Waals surface area contributed by atoms with E-state index in [1.165, 1.54) is 0 Å². The first-order chi connectivity index (χ1) is 7.18. The Hall–Kier alpha value is -1.84. The molecular formula is C11H12N2O2. The molecule has 0 unspecified atom stereocenters. The number of nitrogens with zero attached hydrogens (tertiary/aromatic N) is 2. The van der Waals surface area contributed by atoms with Crippen LogP contribution in [0.25, 0.3) is 10.9 Å². The van der Waals surface area contributed by atoms with Crippen LogP contribution in [0, 0.1) is 10.1 Å². The molecule has 0 N–H and O–H groups in total. The maximum Gasteiger partial charge on any atom is 0.207 e. The van der Waals surface area contributed by atoms with E-state index in [0.29, 0.717) is 6.42 Å². The van der Waals surface area contributed by atoms with Gasteiger partial charge in [-0.2, -0.15) is 0 Å². The normalized spacial score (nSPS) is 10.7. The van der Waals surface area contributed by atoms with Crippen LogP contribution in [0.5, 0.6) is 0 Å². The third kappa shape index (κ3) is 1.83. The third-order valence-electron chi connectivity index (χ3n) is 2.54. The molecule has 0 amide bonds. The maximum absolute atomic E-state index is 10.3. The van der Waals surface area contributed by atoms with Crippen molar-refractivity contribution in [3.8, 4) is 0 Å². The van der Waals surface area contributed by atoms with Crippen LogP contribution in [0.15, 0.2) is 30.5 Å². The second-order valence-corrected chi connectivity index (χ2v) is 3.59. The summed E-state index contributed by atoms with van der Waals surface area (Å²) in [5, 5.41) is 11.5. The van der Waals surface area contributed by atoms with E-state index in [2.05, 4.69) is 0 Å². The number of benzene rings is 1. The number of aromatic nitrogens is 1. The molecular weight excluding hydrogens is 192 g/mol. The van der Waals surface area contributed by atoms with Crippen LogP contribution in [0.1, 0.15) is 5.56 Å². The van der Waals surface area contributed by atoms with Crippen molar-refractivity contribution < 1.29 is 4.92 Å². The van der Waals surface area contributed by atoms with Gasteiger partial charge in [-0.15, -0.1) is 0 Å². The predicted molar refractivity (Wildman–Crippen MR) is 58.5 cm³/mol. The molecule has 0 saturated heterocycles. The molecule has 1 aromatic carbocycles. The largest absolute Gasteiger partial charge is 0.350 e. The average Bonchev–Trinajstić information content (AvgIpc) is 2.58. The summed E-state index contributed by atoms with van der Waals surface area (Å²) in [4.78, 5) is 10.1. The Morgan fingerprint density at radius 2 is 2.20 bits per heavy atom. The van der Waals surface area contributed by atoms with E-state index >= 15 is 0 Å². The highest BCUT2D eigenvalue weighted by molar-refractivity contribution is 5.83. The molecule has 15 heavy (non-hydrogen) atoms. The minimum absolute atomic E-state index is 0.00963. The molecule has 1 heterocycles. The molecule has 0 bridgehead atoms. The van der Waals surface area contributed by atoms with Crippen LogP contribution in [-0.2, 0) is 13.5 Å². The summed E-state index contributed by atoms with van der Waals surface area (Å²) >= 11 is 0. The fourth-order valence-electron chi connectivity index (χ4n) is 1.86. The summed E-state index contributed by atoms with van der Waals surface area (Å²) < 4.78 is 2.00. The maximum atomic E-state index is 10.3. The average molecular weight is 204 g/mol. The smallest absolute Gasteiger partial charge is 0.207 e. The van der Waals surface area contributed by atoms with Gasteiger partial charge >= 0.3 is 0 Å². The van der Waals surface area contributed by atoms with Gasteiger partial charge in [0.15, 0.2) is 0 Å². The number of rotatable bonds is 3. The highest BCUT2D eigenvalue weighted by Gasteiger charge is 2.06. The molecule has 4 heteroatoms. The van der Waals surface area contributed by atoms with Gasteiger partial charge in [0, 0.05) is 24.6 Å². The Balaban J connectivity index is 2.41. The van der Waals surface area contributed by atoms with Crippen molar-refractivity contribution in [3.63, 3.8) is 0 Å². The van der Waals surface area contributed by atoms with Gasteiger partial charge in [-0.05, 0) is 17.0 Å². The van der Waals surface area contributed by atoms with Crippen molar-refractivity contribution in [1.82, 2.24) is 4.57 Å². The number of aryl methyl sites for hydroxylation is 1. The lowest BCUT2D eigenvalue weighted by atomic mass is 10.1. The van der Waals surface area contributed by atoms with Crippen LogP contribution in [-0.4, -0.2) is 16.0 Å². The number of hydrogen-bond acceptors (Lipinski definition) is 2. The summed E-state index contributed by atoms with van der Waals surface area (Å²) in [6.07, 6.45) is 2.46. The van der Waals surface area contributed by atoms with Gasteiger partial charge in [-0.1, -0.05) is 18.2 Å². The number of fused-ring (bicyclic) bond motifs is 1. The SMILES string of the molecule is Cn1ccc2cccc(CC[N+](=O)[O-])c21. The lowest BCUT2D eigenvalue weighted by Crippen LogP contribution is -2.05. The summed E-state index contributed by atoms with van der Waals surface area (Å²) in [7, 11) is 1.96. The van der Waals surface area contributed by atoms with Crippen molar-refractivity contribution >= 4 is 10.9 Å². The van der Waals surface area contributed by atoms with Crippen molar-refractivity contribution in [2.24, 2.45) is 7.05 Å². The van der Waals surface area contributed by atoms with Gasteiger partial charge < -0.3 is 4.57 Å². The molecule has 4 nitrogen and oxygen atoms in total. The summed E-state index contributed by atoms with van der Waals surface area (Å²) in [5.41, 5.74) is 2.14. The van der Waals surface area contributed by atoms with E-state index in [-0.39, 0.29) is 11.5 Å². The Morgan fingerprint density at radius 3 is 2.93 bits per heavy atom. The second kappa shape index (κ2) is 3.73. The van der Waals surface area contributed by atoms with Gasteiger partial charge in [0.25, 0.3) is 0 Å². The van der Waals surface area contributed by atoms with Crippen molar-refractivity contribution in [2.75, 3.05) is 6.54 Å². The first kappa shape index (κ1) is 9.71. The predicted octanol–water partition coefficient (Wildman–Crippen LogP) is 2.00. The Labute approximate surface area is 87.3 Å². The molecule has 2 rings (SSSR count). The van der Waals surface area contributed by atoms with E-state index in [9.17, 15) is 10.1 Å². The van der Waals surface area contributed by atoms with E-state index in [1.54, 1.807) is 0 Å². The van der Waals surface area contributed by atoms with E-state index in [1.807, 2.05) is 42.1 Å². The molecule has 0 saturated carbocycles. The van der Waals surface area contributed by atoms with Crippen LogP contribution in [0.2, 0.25) is 0 Å². The first-order valence-corrected chi connectivity index (χ1v) is 4.83. The number of para-hydroxylation sites is 1. The zero-order valence-electron chi connectivity index (χ0n) is 8.51. The summed E-state index contributed by atoms with van der Waals surface area (Å²) in [6, 6.07) is 7.93. The standard InChI is InChI=1S/C11H12N2O2/c1-12-7-5-9-3-2-4-10(11(9)12)6-8-13(14)15/h2-5,7H,6,8H2,1H3. The van der Waals surface area contributed by atoms with Gasteiger partial charge in [0.1, 0.15) is 0 Å². The Kier molecular flexibility index (Phi) is 2.41. The van der Waals surface area contributed by atoms with Gasteiger partial charge in [0.2, 0.25) is 6.54 Å². The zero-order chi connectivity index (χ0) is 10.8. The van der Waals surface area contributed by atoms with Crippen LogP contribution in [0.4, 0.5) is 0 Å². The van der Waals surface area contributed by atoms with Crippen LogP contribution >= 0.6 is 0 Å². The van der Waals surface area contributed by atoms with E-state index in [4.69, 9.17) is 0 Å². The molecule has 1 aromatic heterocycles. The van der Waals surface area contributed by atoms with Crippen molar-refractivity contribution in [2.45, 2.75) is 6.42 Å². The van der Waals surface area contributed by atoms with Gasteiger partial charge in [0.05, 0.1) is 5.52 Å². The fraction of sp³-hybridized carbons (Fsp3) is 0.273. The summed E-state index contributed by atoms with van der Waals surface area (Å²) in [6.45, 7) is -0.00963. The second-order valence-electron chi connectivity index (χ2n) is 3.59. The van der Waals surface area contributed by atoms with Gasteiger partial charge in [-0.3, -0.25) is 10.1 Å². The minimum atomic E-state index is -0.276. The molecule has 2 aromatic rings. The lowest BCUT2D eigenvalue weighted by molar-refractivity contribution is -0.479. The topological polar surface area (TPSA) is 48.1 Å². The van der Waals surface area contributed by atoms with E-state index in [0.717, 1.165) is 16.5 Å². The Bertz CT molecular complexity index is 502. The highest BCUT2D eigenvalue weighted by atomic mass is 16.6. The fourth-order valence-corrected chi connectivity index (χ4v) is 1.86. The molecule has 0 aliphatic carbocycles. The molecule has 0 fully saturated rings. The van der Waals surface area contributed by atoms with Crippen LogP contribution < -0.4 is 0 Å². The van der Waals surface area contributed by atoms with Crippen LogP contribution in [0.3, 0.4) is 0 Å². The molecule has 0 radical (unpaired) electrons. The monoisotopic (exact) mass is 204 g/mol. The molecule has 0 aliphatic rings. The van der Waals surface area contributed by atoms with Crippen molar-refractivity contribution in [3.05, 3.63) is 46.1 Å². The minimum Gasteiger partial charge on any atom is -0.350 e. The van der Waals surface area contributed by atoms with Gasteiger partial charge in [-0.25, -0.2) is 0 Å².